The van der Waals surface area contributed by atoms with E-state index in [1.54, 1.807) is 18.2 Å². The lowest BCUT2D eigenvalue weighted by atomic mass is 9.90. The molecule has 0 saturated carbocycles. The maximum absolute atomic E-state index is 13.4. The standard InChI is InChI=1S/C33H42O18/c34-10-19-22(38)26(42)29(45)32(50-19)47-12-21-24(40)25(41)28(44)31(48-21)14-5-7-15(17(37)8-6-13-3-1-2-4-16(13)36)18(9-14)49-33-30(46)27(43)23(39)20(11-35)51-33/h1-9,19-36,38-46H,10-12H2/b8-6+/t19-,20-,21-,22-,23-,24-,25+,26+,27+,28-,29-,30-,31?,32-,33-/m1/s1. The summed E-state index contributed by atoms with van der Waals surface area (Å²) in [5.74, 6) is -1.10. The molecular weight excluding hydrogens is 684 g/mol. The van der Waals surface area contributed by atoms with Crippen LogP contribution < -0.4 is 4.74 Å². The molecule has 0 amide bonds. The van der Waals surface area contributed by atoms with Gasteiger partial charge in [-0.3, -0.25) is 4.79 Å². The molecule has 3 aliphatic rings. The molecule has 18 nitrogen and oxygen atoms in total. The Bertz CT molecular complexity index is 1500. The highest BCUT2D eigenvalue weighted by Gasteiger charge is 2.48. The summed E-state index contributed by atoms with van der Waals surface area (Å²) in [6.07, 6.45) is -22.4. The zero-order chi connectivity index (χ0) is 37.1. The Hall–Kier alpha value is -3.15. The fourth-order valence-electron chi connectivity index (χ4n) is 5.95. The molecule has 3 aliphatic heterocycles. The minimum atomic E-state index is -1.87. The van der Waals surface area contributed by atoms with Gasteiger partial charge in [-0.2, -0.15) is 0 Å². The molecule has 3 saturated heterocycles. The summed E-state index contributed by atoms with van der Waals surface area (Å²) in [5, 5.41) is 123. The predicted octanol–water partition coefficient (Wildman–Crippen LogP) is -4.19. The Labute approximate surface area is 290 Å². The number of aliphatic hydroxyl groups excluding tert-OH is 11. The van der Waals surface area contributed by atoms with Gasteiger partial charge in [-0.15, -0.1) is 0 Å². The first kappa shape index (κ1) is 39.1. The first-order valence-electron chi connectivity index (χ1n) is 16.0. The molecule has 0 aliphatic carbocycles. The molecule has 3 fully saturated rings. The molecule has 12 N–H and O–H groups in total. The molecule has 3 heterocycles. The molecule has 18 heteroatoms. The number of aromatic hydroxyl groups is 1. The van der Waals surface area contributed by atoms with Crippen LogP contribution in [0.15, 0.2) is 48.5 Å². The van der Waals surface area contributed by atoms with Gasteiger partial charge in [0.1, 0.15) is 90.9 Å². The van der Waals surface area contributed by atoms with Crippen molar-refractivity contribution in [2.45, 2.75) is 91.9 Å². The van der Waals surface area contributed by atoms with Crippen LogP contribution in [-0.4, -0.2) is 173 Å². The van der Waals surface area contributed by atoms with Crippen LogP contribution in [0.3, 0.4) is 0 Å². The van der Waals surface area contributed by atoms with E-state index in [2.05, 4.69) is 0 Å². The lowest BCUT2D eigenvalue weighted by Gasteiger charge is -2.43. The largest absolute Gasteiger partial charge is 0.507 e. The minimum absolute atomic E-state index is 0.0483. The third-order valence-corrected chi connectivity index (χ3v) is 9.03. The van der Waals surface area contributed by atoms with Crippen LogP contribution in [0, 0.1) is 0 Å². The van der Waals surface area contributed by atoms with Crippen LogP contribution in [-0.2, 0) is 18.9 Å². The summed E-state index contributed by atoms with van der Waals surface area (Å²) >= 11 is 0. The molecule has 15 atom stereocenters. The van der Waals surface area contributed by atoms with Crippen LogP contribution >= 0.6 is 0 Å². The van der Waals surface area contributed by atoms with Crippen molar-refractivity contribution in [3.63, 3.8) is 0 Å². The average molecular weight is 727 g/mol. The molecule has 282 valence electrons. The van der Waals surface area contributed by atoms with Crippen molar-refractivity contribution >= 4 is 11.9 Å². The van der Waals surface area contributed by atoms with Gasteiger partial charge in [-0.05, 0) is 35.9 Å². The zero-order valence-electron chi connectivity index (χ0n) is 26.8. The number of rotatable bonds is 11. The summed E-state index contributed by atoms with van der Waals surface area (Å²) in [5.41, 5.74) is 0.199. The third kappa shape index (κ3) is 8.25. The highest BCUT2D eigenvalue weighted by atomic mass is 16.7. The van der Waals surface area contributed by atoms with Crippen molar-refractivity contribution < 1.29 is 89.8 Å². The Morgan fingerprint density at radius 1 is 0.667 bits per heavy atom. The predicted molar refractivity (Wildman–Crippen MR) is 168 cm³/mol. The van der Waals surface area contributed by atoms with Gasteiger partial charge in [-0.25, -0.2) is 0 Å². The molecular formula is C33H42O18. The minimum Gasteiger partial charge on any atom is -0.507 e. The van der Waals surface area contributed by atoms with Crippen molar-refractivity contribution in [3.05, 3.63) is 65.2 Å². The summed E-state index contributed by atoms with van der Waals surface area (Å²) in [7, 11) is 0. The van der Waals surface area contributed by atoms with E-state index >= 15 is 0 Å². The van der Waals surface area contributed by atoms with E-state index < -0.39 is 118 Å². The van der Waals surface area contributed by atoms with Gasteiger partial charge in [-0.1, -0.05) is 24.3 Å². The fraction of sp³-hybridized carbons (Fsp3) is 0.545. The van der Waals surface area contributed by atoms with E-state index in [1.165, 1.54) is 30.3 Å². The van der Waals surface area contributed by atoms with Crippen molar-refractivity contribution in [3.8, 4) is 11.5 Å². The maximum Gasteiger partial charge on any atom is 0.229 e. The fourth-order valence-corrected chi connectivity index (χ4v) is 5.95. The lowest BCUT2D eigenvalue weighted by molar-refractivity contribution is -0.314. The summed E-state index contributed by atoms with van der Waals surface area (Å²) in [6, 6.07) is 9.95. The second kappa shape index (κ2) is 16.7. The summed E-state index contributed by atoms with van der Waals surface area (Å²) < 4.78 is 28.0. The van der Waals surface area contributed by atoms with E-state index in [-0.39, 0.29) is 22.6 Å². The molecule has 2 aromatic rings. The number of ether oxygens (including phenoxy) is 5. The van der Waals surface area contributed by atoms with E-state index in [0.717, 1.165) is 6.08 Å². The molecule has 0 aromatic heterocycles. The zero-order valence-corrected chi connectivity index (χ0v) is 26.8. The Kier molecular flexibility index (Phi) is 12.8. The van der Waals surface area contributed by atoms with Crippen LogP contribution in [0.4, 0.5) is 0 Å². The summed E-state index contributed by atoms with van der Waals surface area (Å²) in [4.78, 5) is 13.4. The maximum atomic E-state index is 13.4. The number of hydrogen-bond donors (Lipinski definition) is 12. The highest BCUT2D eigenvalue weighted by Crippen LogP contribution is 2.37. The lowest BCUT2D eigenvalue weighted by Crippen LogP contribution is -2.60. The van der Waals surface area contributed by atoms with E-state index in [0.29, 0.717) is 5.56 Å². The van der Waals surface area contributed by atoms with E-state index in [4.69, 9.17) is 23.7 Å². The monoisotopic (exact) mass is 726 g/mol. The molecule has 0 bridgehead atoms. The van der Waals surface area contributed by atoms with Crippen LogP contribution in [0.2, 0.25) is 0 Å². The van der Waals surface area contributed by atoms with Gasteiger partial charge in [0.05, 0.1) is 25.4 Å². The molecule has 0 radical (unpaired) electrons. The first-order valence-corrected chi connectivity index (χ1v) is 16.0. The number of aliphatic hydroxyl groups is 11. The Balaban J connectivity index is 1.42. The number of carbonyl (C=O) groups is 1. The van der Waals surface area contributed by atoms with Crippen LogP contribution in [0.25, 0.3) is 6.08 Å². The van der Waals surface area contributed by atoms with Crippen molar-refractivity contribution in [1.82, 2.24) is 0 Å². The number of para-hydroxylation sites is 1. The van der Waals surface area contributed by atoms with Gasteiger partial charge >= 0.3 is 0 Å². The number of allylic oxidation sites excluding steroid dienone is 1. The van der Waals surface area contributed by atoms with Gasteiger partial charge < -0.3 is 85.0 Å². The smallest absolute Gasteiger partial charge is 0.229 e. The number of carbonyl (C=O) groups excluding carboxylic acids is 1. The third-order valence-electron chi connectivity index (χ3n) is 9.03. The number of phenols is 1. The van der Waals surface area contributed by atoms with Crippen LogP contribution in [0.1, 0.15) is 27.6 Å². The SMILES string of the molecule is O=C(/C=C/c1ccccc1O)c1ccc(C2O[C@H](CO[C@@H]3O[C@H](CO)[C@@H](O)[C@H](O)[C@H]3O)[C@@H](O)[C@H](O)[C@H]2O)cc1O[C@@H]1O[C@H](CO)[C@@H](O)[C@H](O)[C@H]1O. The Morgan fingerprint density at radius 3 is 1.86 bits per heavy atom. The van der Waals surface area contributed by atoms with E-state index in [9.17, 15) is 66.1 Å². The average Bonchev–Trinajstić information content (AvgIpc) is 3.13. The van der Waals surface area contributed by atoms with Gasteiger partial charge in [0.2, 0.25) is 6.29 Å². The van der Waals surface area contributed by atoms with Crippen molar-refractivity contribution in [2.24, 2.45) is 0 Å². The van der Waals surface area contributed by atoms with Crippen LogP contribution in [0.5, 0.6) is 11.5 Å². The number of ketones is 1. The quantitative estimate of drug-likeness (QED) is 0.0772. The number of benzene rings is 2. The first-order chi connectivity index (χ1) is 24.3. The van der Waals surface area contributed by atoms with Gasteiger partial charge in [0.15, 0.2) is 12.1 Å². The molecule has 51 heavy (non-hydrogen) atoms. The molecule has 2 aromatic carbocycles. The molecule has 0 spiro atoms. The number of phenolic OH excluding ortho intramolecular Hbond substituents is 1. The Morgan fingerprint density at radius 2 is 1.24 bits per heavy atom. The van der Waals surface area contributed by atoms with E-state index in [1.807, 2.05) is 0 Å². The molecule has 1 unspecified atom stereocenters. The van der Waals surface area contributed by atoms with Gasteiger partial charge in [0, 0.05) is 5.56 Å². The second-order valence-corrected chi connectivity index (χ2v) is 12.4. The van der Waals surface area contributed by atoms with Crippen molar-refractivity contribution in [2.75, 3.05) is 19.8 Å². The van der Waals surface area contributed by atoms with Crippen molar-refractivity contribution in [1.29, 1.82) is 0 Å². The second-order valence-electron chi connectivity index (χ2n) is 12.4. The number of hydrogen-bond acceptors (Lipinski definition) is 18. The summed E-state index contributed by atoms with van der Waals surface area (Å²) in [6.45, 7) is -2.10. The molecule has 5 rings (SSSR count). The van der Waals surface area contributed by atoms with Gasteiger partial charge in [0.25, 0.3) is 0 Å². The normalized spacial score (nSPS) is 38.8. The highest BCUT2D eigenvalue weighted by molar-refractivity contribution is 6.08. The topological polar surface area (TPSA) is 306 Å².